The highest BCUT2D eigenvalue weighted by atomic mass is 16.3. The van der Waals surface area contributed by atoms with Gasteiger partial charge in [0.25, 0.3) is 0 Å². The third-order valence-corrected chi connectivity index (χ3v) is 1.59. The summed E-state index contributed by atoms with van der Waals surface area (Å²) in [6, 6.07) is 0.333. The molecule has 4 heteroatoms. The van der Waals surface area contributed by atoms with Gasteiger partial charge in [0, 0.05) is 6.04 Å². The average molecular weight is 129 g/mol. The van der Waals surface area contributed by atoms with Crippen molar-refractivity contribution in [2.75, 3.05) is 0 Å². The lowest BCUT2D eigenvalue weighted by Gasteiger charge is -2.32. The van der Waals surface area contributed by atoms with Crippen LogP contribution in [0, 0.1) is 0 Å². The van der Waals surface area contributed by atoms with Gasteiger partial charge in [0.05, 0.1) is 6.10 Å². The van der Waals surface area contributed by atoms with Crippen LogP contribution in [0.3, 0.4) is 0 Å². The molecule has 0 heterocycles. The number of aliphatic hydroxyl groups is 1. The fraction of sp³-hybridized carbons (Fsp3) is 1.00. The molecule has 0 aromatic rings. The van der Waals surface area contributed by atoms with Gasteiger partial charge in [0.2, 0.25) is 0 Å². The van der Waals surface area contributed by atoms with Gasteiger partial charge in [-0.1, -0.05) is 0 Å². The molecule has 1 aliphatic carbocycles. The Hall–Kier alpha value is -0.0551. The largest absolute Gasteiger partial charge is 0.437 e. The van der Waals surface area contributed by atoms with E-state index in [0.717, 1.165) is 12.8 Å². The second kappa shape index (κ2) is 2.69. The van der Waals surface area contributed by atoms with E-state index in [-0.39, 0.29) is 6.10 Å². The molecule has 1 fully saturated rings. The zero-order valence-electron chi connectivity index (χ0n) is 5.54. The van der Waals surface area contributed by atoms with Crippen LogP contribution in [0.2, 0.25) is 6.82 Å². The Morgan fingerprint density at radius 3 is 2.44 bits per heavy atom. The SMILES string of the molecule is CB(O)N[C@H]1C[C@@H](O)C1. The summed E-state index contributed by atoms with van der Waals surface area (Å²) in [6.45, 7) is 1.69. The Bertz CT molecular complexity index is 93.0. The van der Waals surface area contributed by atoms with Crippen LogP contribution >= 0.6 is 0 Å². The summed E-state index contributed by atoms with van der Waals surface area (Å²) in [6.07, 6.45) is 1.43. The summed E-state index contributed by atoms with van der Waals surface area (Å²) >= 11 is 0. The van der Waals surface area contributed by atoms with Crippen molar-refractivity contribution in [3.8, 4) is 0 Å². The third kappa shape index (κ3) is 1.97. The van der Waals surface area contributed by atoms with Crippen molar-refractivity contribution < 1.29 is 10.1 Å². The summed E-state index contributed by atoms with van der Waals surface area (Å²) in [4.78, 5) is 0. The van der Waals surface area contributed by atoms with E-state index in [2.05, 4.69) is 5.23 Å². The van der Waals surface area contributed by atoms with Crippen LogP contribution in [0.15, 0.2) is 0 Å². The molecular weight excluding hydrogens is 117 g/mol. The van der Waals surface area contributed by atoms with Gasteiger partial charge >= 0.3 is 7.05 Å². The number of rotatable bonds is 2. The highest BCUT2D eigenvalue weighted by molar-refractivity contribution is 6.45. The van der Waals surface area contributed by atoms with E-state index in [4.69, 9.17) is 10.1 Å². The fourth-order valence-corrected chi connectivity index (χ4v) is 1.07. The molecule has 0 aliphatic heterocycles. The minimum absolute atomic E-state index is 0.138. The second-order valence-electron chi connectivity index (χ2n) is 2.66. The number of aliphatic hydroxyl groups excluding tert-OH is 1. The maximum Gasteiger partial charge on any atom is 0.373 e. The standard InChI is InChI=1S/C5H12BNO2/c1-6(9)7-4-2-5(8)3-4/h4-5,7-9H,2-3H2,1H3/t4-,5+. The highest BCUT2D eigenvalue weighted by Crippen LogP contribution is 2.18. The lowest BCUT2D eigenvalue weighted by atomic mass is 9.80. The van der Waals surface area contributed by atoms with Crippen molar-refractivity contribution in [3.63, 3.8) is 0 Å². The fourth-order valence-electron chi connectivity index (χ4n) is 1.07. The minimum atomic E-state index is -0.442. The molecule has 0 aromatic carbocycles. The number of nitrogens with one attached hydrogen (secondary N) is 1. The van der Waals surface area contributed by atoms with Crippen LogP contribution in [-0.4, -0.2) is 29.3 Å². The molecule has 0 radical (unpaired) electrons. The van der Waals surface area contributed by atoms with Gasteiger partial charge in [0.15, 0.2) is 0 Å². The molecule has 0 amide bonds. The maximum absolute atomic E-state index is 8.81. The van der Waals surface area contributed by atoms with Crippen LogP contribution in [0.5, 0.6) is 0 Å². The van der Waals surface area contributed by atoms with Crippen LogP contribution in [0.4, 0.5) is 0 Å². The van der Waals surface area contributed by atoms with E-state index >= 15 is 0 Å². The first-order valence-corrected chi connectivity index (χ1v) is 3.30. The Morgan fingerprint density at radius 2 is 2.11 bits per heavy atom. The van der Waals surface area contributed by atoms with Crippen molar-refractivity contribution in [1.82, 2.24) is 5.23 Å². The summed E-state index contributed by atoms with van der Waals surface area (Å²) in [5.74, 6) is 0. The lowest BCUT2D eigenvalue weighted by molar-refractivity contribution is 0.0694. The second-order valence-corrected chi connectivity index (χ2v) is 2.66. The molecule has 1 saturated carbocycles. The first-order valence-electron chi connectivity index (χ1n) is 3.30. The monoisotopic (exact) mass is 129 g/mol. The Balaban J connectivity index is 2.04. The maximum atomic E-state index is 8.81. The molecular formula is C5H12BNO2. The smallest absolute Gasteiger partial charge is 0.373 e. The normalized spacial score (nSPS) is 33.7. The first kappa shape index (κ1) is 7.06. The van der Waals surface area contributed by atoms with Crippen molar-refractivity contribution in [2.45, 2.75) is 31.8 Å². The van der Waals surface area contributed by atoms with Crippen molar-refractivity contribution in [3.05, 3.63) is 0 Å². The van der Waals surface area contributed by atoms with Gasteiger partial charge < -0.3 is 15.4 Å². The van der Waals surface area contributed by atoms with Gasteiger partial charge in [-0.15, -0.1) is 0 Å². The van der Waals surface area contributed by atoms with Gasteiger partial charge in [-0.05, 0) is 19.7 Å². The molecule has 3 N–H and O–H groups in total. The van der Waals surface area contributed by atoms with Gasteiger partial charge in [-0.25, -0.2) is 0 Å². The van der Waals surface area contributed by atoms with Crippen LogP contribution in [0.1, 0.15) is 12.8 Å². The summed E-state index contributed by atoms with van der Waals surface area (Å²) in [5, 5.41) is 20.5. The number of hydrogen-bond donors (Lipinski definition) is 3. The zero-order valence-corrected chi connectivity index (χ0v) is 5.54. The molecule has 0 spiro atoms. The van der Waals surface area contributed by atoms with E-state index in [1.807, 2.05) is 0 Å². The van der Waals surface area contributed by atoms with Gasteiger partial charge in [0.1, 0.15) is 0 Å². The van der Waals surface area contributed by atoms with Gasteiger partial charge in [-0.3, -0.25) is 0 Å². The minimum Gasteiger partial charge on any atom is -0.437 e. The van der Waals surface area contributed by atoms with Crippen molar-refractivity contribution in [2.24, 2.45) is 0 Å². The Kier molecular flexibility index (Phi) is 2.11. The summed E-state index contributed by atoms with van der Waals surface area (Å²) in [5.41, 5.74) is 0. The van der Waals surface area contributed by atoms with E-state index in [1.165, 1.54) is 0 Å². The molecule has 0 atom stereocenters. The Labute approximate surface area is 55.2 Å². The molecule has 52 valence electrons. The van der Waals surface area contributed by atoms with Crippen LogP contribution < -0.4 is 5.23 Å². The zero-order chi connectivity index (χ0) is 6.85. The lowest BCUT2D eigenvalue weighted by Crippen LogP contribution is -2.49. The first-order chi connectivity index (χ1) is 4.18. The summed E-state index contributed by atoms with van der Waals surface area (Å²) < 4.78 is 0. The van der Waals surface area contributed by atoms with Crippen LogP contribution in [-0.2, 0) is 0 Å². The van der Waals surface area contributed by atoms with Crippen LogP contribution in [0.25, 0.3) is 0 Å². The molecule has 1 aliphatic rings. The highest BCUT2D eigenvalue weighted by Gasteiger charge is 2.27. The molecule has 3 nitrogen and oxygen atoms in total. The average Bonchev–Trinajstić information content (AvgIpc) is 1.60. The molecule has 9 heavy (non-hydrogen) atoms. The number of hydrogen-bond acceptors (Lipinski definition) is 3. The van der Waals surface area contributed by atoms with E-state index in [9.17, 15) is 0 Å². The quantitative estimate of drug-likeness (QED) is 0.428. The van der Waals surface area contributed by atoms with Crippen molar-refractivity contribution >= 4 is 7.05 Å². The Morgan fingerprint density at radius 1 is 1.56 bits per heavy atom. The van der Waals surface area contributed by atoms with E-state index < -0.39 is 7.05 Å². The molecule has 0 aromatic heterocycles. The third-order valence-electron chi connectivity index (χ3n) is 1.59. The van der Waals surface area contributed by atoms with E-state index in [0.29, 0.717) is 6.04 Å². The molecule has 0 saturated heterocycles. The molecule has 0 bridgehead atoms. The molecule has 0 unspecified atom stereocenters. The van der Waals surface area contributed by atoms with E-state index in [1.54, 1.807) is 6.82 Å². The van der Waals surface area contributed by atoms with Gasteiger partial charge in [-0.2, -0.15) is 0 Å². The van der Waals surface area contributed by atoms with Crippen molar-refractivity contribution in [1.29, 1.82) is 0 Å². The summed E-state index contributed by atoms with van der Waals surface area (Å²) in [7, 11) is -0.442. The molecule has 1 rings (SSSR count). The predicted molar refractivity (Wildman–Crippen MR) is 36.0 cm³/mol. The predicted octanol–water partition coefficient (Wildman–Crippen LogP) is -0.790. The topological polar surface area (TPSA) is 52.5 Å².